The largest absolute Gasteiger partial charge is 0.497 e. The number of methoxy groups -OCH3 is 1. The first-order valence-corrected chi connectivity index (χ1v) is 7.27. The third kappa shape index (κ3) is 3.55. The van der Waals surface area contributed by atoms with Crippen LogP contribution < -0.4 is 10.1 Å². The highest BCUT2D eigenvalue weighted by Crippen LogP contribution is 2.29. The first-order valence-electron chi connectivity index (χ1n) is 6.89. The minimum Gasteiger partial charge on any atom is -0.497 e. The summed E-state index contributed by atoms with van der Waals surface area (Å²) in [5.74, 6) is 0.228. The average Bonchev–Trinajstić information content (AvgIpc) is 2.48. The molecule has 0 amide bonds. The van der Waals surface area contributed by atoms with Gasteiger partial charge < -0.3 is 10.1 Å². The Hall–Kier alpha value is -1.58. The fraction of sp³-hybridized carbons (Fsp3) is 0.294. The Bertz CT molecular complexity index is 630. The lowest BCUT2D eigenvalue weighted by molar-refractivity contribution is 0.410. The van der Waals surface area contributed by atoms with Gasteiger partial charge in [-0.2, -0.15) is 0 Å². The standard InChI is InChI=1S/C17H19ClFNO/c1-4-20-17(12-5-8-15(18)11(2)9-12)14-7-6-13(21-3)10-16(14)19/h5-10,17,20H,4H2,1-3H3. The second-order valence-corrected chi connectivity index (χ2v) is 5.29. The Balaban J connectivity index is 2.45. The number of halogens is 2. The molecule has 0 spiro atoms. The van der Waals surface area contributed by atoms with Crippen LogP contribution in [0.3, 0.4) is 0 Å². The SMILES string of the molecule is CCNC(c1ccc(Cl)c(C)c1)c1ccc(OC)cc1F. The van der Waals surface area contributed by atoms with E-state index in [0.717, 1.165) is 17.7 Å². The maximum Gasteiger partial charge on any atom is 0.132 e. The van der Waals surface area contributed by atoms with Gasteiger partial charge in [0.15, 0.2) is 0 Å². The molecule has 0 radical (unpaired) electrons. The van der Waals surface area contributed by atoms with Gasteiger partial charge in [-0.1, -0.05) is 36.7 Å². The summed E-state index contributed by atoms with van der Waals surface area (Å²) < 4.78 is 19.4. The quantitative estimate of drug-likeness (QED) is 0.878. The summed E-state index contributed by atoms with van der Waals surface area (Å²) in [6.07, 6.45) is 0. The maximum atomic E-state index is 14.3. The zero-order valence-electron chi connectivity index (χ0n) is 12.4. The molecule has 2 aromatic rings. The van der Waals surface area contributed by atoms with Crippen LogP contribution >= 0.6 is 11.6 Å². The van der Waals surface area contributed by atoms with E-state index in [-0.39, 0.29) is 11.9 Å². The van der Waals surface area contributed by atoms with E-state index in [0.29, 0.717) is 16.3 Å². The topological polar surface area (TPSA) is 21.3 Å². The van der Waals surface area contributed by atoms with Crippen molar-refractivity contribution in [1.82, 2.24) is 5.32 Å². The average molecular weight is 308 g/mol. The van der Waals surface area contributed by atoms with Crippen LogP contribution in [0.5, 0.6) is 5.75 Å². The Kier molecular flexibility index (Phi) is 5.21. The summed E-state index contributed by atoms with van der Waals surface area (Å²) in [6, 6.07) is 10.5. The van der Waals surface area contributed by atoms with Crippen LogP contribution in [0.2, 0.25) is 5.02 Å². The Labute approximate surface area is 129 Å². The van der Waals surface area contributed by atoms with Crippen molar-refractivity contribution in [3.63, 3.8) is 0 Å². The van der Waals surface area contributed by atoms with E-state index in [1.165, 1.54) is 13.2 Å². The summed E-state index contributed by atoms with van der Waals surface area (Å²) in [5, 5.41) is 4.03. The lowest BCUT2D eigenvalue weighted by Crippen LogP contribution is -2.23. The molecule has 0 heterocycles. The van der Waals surface area contributed by atoms with E-state index in [9.17, 15) is 4.39 Å². The highest BCUT2D eigenvalue weighted by atomic mass is 35.5. The molecule has 2 nitrogen and oxygen atoms in total. The van der Waals surface area contributed by atoms with Gasteiger partial charge in [0.2, 0.25) is 0 Å². The Morgan fingerprint density at radius 2 is 2.00 bits per heavy atom. The molecule has 1 unspecified atom stereocenters. The fourth-order valence-corrected chi connectivity index (χ4v) is 2.45. The monoisotopic (exact) mass is 307 g/mol. The van der Waals surface area contributed by atoms with Crippen LogP contribution in [0.25, 0.3) is 0 Å². The van der Waals surface area contributed by atoms with Gasteiger partial charge in [0.1, 0.15) is 11.6 Å². The van der Waals surface area contributed by atoms with Gasteiger partial charge in [0.25, 0.3) is 0 Å². The van der Waals surface area contributed by atoms with Gasteiger partial charge in [0, 0.05) is 16.7 Å². The Morgan fingerprint density at radius 1 is 1.24 bits per heavy atom. The molecule has 1 atom stereocenters. The summed E-state index contributed by atoms with van der Waals surface area (Å²) in [7, 11) is 1.53. The first kappa shape index (κ1) is 15.8. The van der Waals surface area contributed by atoms with Crippen LogP contribution in [-0.2, 0) is 0 Å². The van der Waals surface area contributed by atoms with Crippen molar-refractivity contribution >= 4 is 11.6 Å². The molecule has 0 bridgehead atoms. The number of aryl methyl sites for hydroxylation is 1. The number of rotatable bonds is 5. The fourth-order valence-electron chi connectivity index (χ4n) is 2.33. The summed E-state index contributed by atoms with van der Waals surface area (Å²) in [6.45, 7) is 4.67. The van der Waals surface area contributed by atoms with Crippen LogP contribution in [0.1, 0.15) is 29.7 Å². The van der Waals surface area contributed by atoms with Crippen molar-refractivity contribution in [3.8, 4) is 5.75 Å². The van der Waals surface area contributed by atoms with Gasteiger partial charge in [-0.05, 0) is 36.7 Å². The van der Waals surface area contributed by atoms with Gasteiger partial charge in [0.05, 0.1) is 13.2 Å². The molecule has 21 heavy (non-hydrogen) atoms. The van der Waals surface area contributed by atoms with Crippen molar-refractivity contribution in [1.29, 1.82) is 0 Å². The van der Waals surface area contributed by atoms with Gasteiger partial charge in [-0.3, -0.25) is 0 Å². The molecule has 2 aromatic carbocycles. The van der Waals surface area contributed by atoms with Crippen molar-refractivity contribution in [2.24, 2.45) is 0 Å². The number of hydrogen-bond acceptors (Lipinski definition) is 2. The molecule has 0 fully saturated rings. The molecular weight excluding hydrogens is 289 g/mol. The number of nitrogens with one attached hydrogen (secondary N) is 1. The number of benzene rings is 2. The molecule has 0 aromatic heterocycles. The van der Waals surface area contributed by atoms with Gasteiger partial charge >= 0.3 is 0 Å². The smallest absolute Gasteiger partial charge is 0.132 e. The lowest BCUT2D eigenvalue weighted by atomic mass is 9.96. The van der Waals surface area contributed by atoms with Gasteiger partial charge in [-0.25, -0.2) is 4.39 Å². The highest BCUT2D eigenvalue weighted by molar-refractivity contribution is 6.31. The third-order valence-electron chi connectivity index (χ3n) is 3.44. The molecule has 112 valence electrons. The minimum absolute atomic E-state index is 0.211. The van der Waals surface area contributed by atoms with Crippen LogP contribution in [-0.4, -0.2) is 13.7 Å². The molecule has 0 saturated heterocycles. The van der Waals surface area contributed by atoms with Crippen molar-refractivity contribution in [3.05, 3.63) is 63.9 Å². The van der Waals surface area contributed by atoms with E-state index in [2.05, 4.69) is 5.32 Å². The summed E-state index contributed by atoms with van der Waals surface area (Å²) >= 11 is 6.07. The molecule has 2 rings (SSSR count). The number of ether oxygens (including phenoxy) is 1. The van der Waals surface area contributed by atoms with Crippen molar-refractivity contribution in [2.75, 3.05) is 13.7 Å². The summed E-state index contributed by atoms with van der Waals surface area (Å²) in [4.78, 5) is 0. The zero-order valence-corrected chi connectivity index (χ0v) is 13.2. The van der Waals surface area contributed by atoms with Crippen LogP contribution in [0.4, 0.5) is 4.39 Å². The third-order valence-corrected chi connectivity index (χ3v) is 3.87. The van der Waals surface area contributed by atoms with Crippen molar-refractivity contribution < 1.29 is 9.13 Å². The Morgan fingerprint density at radius 3 is 2.57 bits per heavy atom. The molecule has 0 saturated carbocycles. The zero-order chi connectivity index (χ0) is 15.4. The van der Waals surface area contributed by atoms with E-state index in [1.54, 1.807) is 12.1 Å². The molecule has 1 N–H and O–H groups in total. The van der Waals surface area contributed by atoms with Crippen LogP contribution in [0, 0.1) is 12.7 Å². The van der Waals surface area contributed by atoms with E-state index < -0.39 is 0 Å². The van der Waals surface area contributed by atoms with E-state index >= 15 is 0 Å². The minimum atomic E-state index is -0.284. The maximum absolute atomic E-state index is 14.3. The molecule has 0 aliphatic heterocycles. The summed E-state index contributed by atoms with van der Waals surface area (Å²) in [5.41, 5.74) is 2.56. The first-order chi connectivity index (χ1) is 10.1. The second kappa shape index (κ2) is 6.92. The lowest BCUT2D eigenvalue weighted by Gasteiger charge is -2.20. The van der Waals surface area contributed by atoms with Crippen molar-refractivity contribution in [2.45, 2.75) is 19.9 Å². The molecule has 0 aliphatic carbocycles. The predicted molar refractivity (Wildman–Crippen MR) is 84.7 cm³/mol. The molecule has 4 heteroatoms. The van der Waals surface area contributed by atoms with E-state index in [4.69, 9.17) is 16.3 Å². The van der Waals surface area contributed by atoms with Crippen LogP contribution in [0.15, 0.2) is 36.4 Å². The predicted octanol–water partition coefficient (Wildman–Crippen LogP) is 4.50. The normalized spacial score (nSPS) is 12.2. The van der Waals surface area contributed by atoms with Gasteiger partial charge in [-0.15, -0.1) is 0 Å². The second-order valence-electron chi connectivity index (χ2n) is 4.89. The highest BCUT2D eigenvalue weighted by Gasteiger charge is 2.18. The molecular formula is C17H19ClFNO. The number of hydrogen-bond donors (Lipinski definition) is 1. The van der Waals surface area contributed by atoms with E-state index in [1.807, 2.05) is 32.0 Å². The molecule has 0 aliphatic rings.